The zero-order valence-corrected chi connectivity index (χ0v) is 19.6. The van der Waals surface area contributed by atoms with Gasteiger partial charge in [0.15, 0.2) is 0 Å². The Morgan fingerprint density at radius 2 is 1.53 bits per heavy atom. The average molecular weight is 441 g/mol. The van der Waals surface area contributed by atoms with Crippen molar-refractivity contribution in [3.05, 3.63) is 71.8 Å². The van der Waals surface area contributed by atoms with Gasteiger partial charge in [-0.1, -0.05) is 51.1 Å². The molecule has 0 spiro atoms. The number of carbonyl (C=O) groups is 1. The molecule has 2 aromatic rings. The van der Waals surface area contributed by atoms with Gasteiger partial charge < -0.3 is 18.9 Å². The van der Waals surface area contributed by atoms with Crippen molar-refractivity contribution in [2.24, 2.45) is 5.92 Å². The van der Waals surface area contributed by atoms with E-state index >= 15 is 0 Å². The molecule has 0 saturated heterocycles. The van der Waals surface area contributed by atoms with Crippen LogP contribution in [0.1, 0.15) is 54.6 Å². The van der Waals surface area contributed by atoms with Crippen molar-refractivity contribution in [1.29, 1.82) is 0 Å². The number of hydrogen-bond acceptors (Lipinski definition) is 5. The standard InChI is InChI=1S/C27H36O5/c1-5-21(2)20-23-8-14-26(15-9-23)32-27(28)25-12-10-24(11-13-25)22(3)31-19-7-18-30-17-6-16-29-4/h8-15,21H,3,5-7,16-20H2,1-2,4H3. The maximum absolute atomic E-state index is 12.4. The van der Waals surface area contributed by atoms with E-state index in [1.54, 1.807) is 19.2 Å². The van der Waals surface area contributed by atoms with Gasteiger partial charge in [0.1, 0.15) is 11.5 Å². The first-order valence-electron chi connectivity index (χ1n) is 11.3. The van der Waals surface area contributed by atoms with Crippen LogP contribution >= 0.6 is 0 Å². The highest BCUT2D eigenvalue weighted by atomic mass is 16.5. The smallest absolute Gasteiger partial charge is 0.343 e. The summed E-state index contributed by atoms with van der Waals surface area (Å²) in [6.07, 6.45) is 3.85. The van der Waals surface area contributed by atoms with Gasteiger partial charge in [-0.25, -0.2) is 4.79 Å². The van der Waals surface area contributed by atoms with E-state index in [0.717, 1.165) is 31.2 Å². The lowest BCUT2D eigenvalue weighted by Gasteiger charge is -2.11. The summed E-state index contributed by atoms with van der Waals surface area (Å²) in [5.41, 5.74) is 2.56. The van der Waals surface area contributed by atoms with Crippen LogP contribution in [0.4, 0.5) is 0 Å². The van der Waals surface area contributed by atoms with Crippen molar-refractivity contribution in [1.82, 2.24) is 0 Å². The summed E-state index contributed by atoms with van der Waals surface area (Å²) in [6.45, 7) is 11.0. The van der Waals surface area contributed by atoms with Gasteiger partial charge >= 0.3 is 5.97 Å². The van der Waals surface area contributed by atoms with Crippen molar-refractivity contribution >= 4 is 11.7 Å². The van der Waals surface area contributed by atoms with Crippen LogP contribution in [0.3, 0.4) is 0 Å². The van der Waals surface area contributed by atoms with Crippen LogP contribution in [0.2, 0.25) is 0 Å². The van der Waals surface area contributed by atoms with Gasteiger partial charge in [-0.2, -0.15) is 0 Å². The molecule has 0 heterocycles. The molecule has 2 aromatic carbocycles. The third kappa shape index (κ3) is 9.25. The van der Waals surface area contributed by atoms with Crippen molar-refractivity contribution in [2.45, 2.75) is 39.5 Å². The Hall–Kier alpha value is -2.63. The maximum atomic E-state index is 12.4. The second-order valence-corrected chi connectivity index (χ2v) is 7.91. The number of ether oxygens (including phenoxy) is 4. The van der Waals surface area contributed by atoms with Crippen molar-refractivity contribution in [3.8, 4) is 5.75 Å². The first kappa shape index (κ1) is 25.6. The van der Waals surface area contributed by atoms with Crippen molar-refractivity contribution in [3.63, 3.8) is 0 Å². The molecule has 0 aliphatic heterocycles. The highest BCUT2D eigenvalue weighted by Gasteiger charge is 2.10. The summed E-state index contributed by atoms with van der Waals surface area (Å²) in [6, 6.07) is 14.8. The number of rotatable bonds is 15. The second-order valence-electron chi connectivity index (χ2n) is 7.91. The van der Waals surface area contributed by atoms with Crippen molar-refractivity contribution < 1.29 is 23.7 Å². The minimum atomic E-state index is -0.386. The summed E-state index contributed by atoms with van der Waals surface area (Å²) in [5.74, 6) is 1.37. The minimum absolute atomic E-state index is 0.386. The van der Waals surface area contributed by atoms with Crippen LogP contribution in [-0.4, -0.2) is 39.5 Å². The molecule has 5 nitrogen and oxygen atoms in total. The number of carbonyl (C=O) groups excluding carboxylic acids is 1. The molecule has 32 heavy (non-hydrogen) atoms. The number of hydrogen-bond donors (Lipinski definition) is 0. The van der Waals surface area contributed by atoms with E-state index < -0.39 is 0 Å². The molecule has 1 atom stereocenters. The minimum Gasteiger partial charge on any atom is -0.494 e. The SMILES string of the molecule is C=C(OCCCOCCCOC)c1ccc(C(=O)Oc2ccc(CC(C)CC)cc2)cc1. The molecule has 0 fully saturated rings. The summed E-state index contributed by atoms with van der Waals surface area (Å²) in [4.78, 5) is 12.4. The first-order valence-corrected chi connectivity index (χ1v) is 11.3. The molecule has 0 aromatic heterocycles. The fraction of sp³-hybridized carbons (Fsp3) is 0.444. The summed E-state index contributed by atoms with van der Waals surface area (Å²) >= 11 is 0. The molecule has 0 aliphatic rings. The third-order valence-corrected chi connectivity index (χ3v) is 5.20. The molecule has 0 bridgehead atoms. The third-order valence-electron chi connectivity index (χ3n) is 5.20. The van der Waals surface area contributed by atoms with E-state index in [0.29, 0.717) is 49.4 Å². The monoisotopic (exact) mass is 440 g/mol. The summed E-state index contributed by atoms with van der Waals surface area (Å²) < 4.78 is 21.7. The van der Waals surface area contributed by atoms with Gasteiger partial charge in [0.25, 0.3) is 0 Å². The predicted octanol–water partition coefficient (Wildman–Crippen LogP) is 5.92. The van der Waals surface area contributed by atoms with E-state index in [9.17, 15) is 4.79 Å². The van der Waals surface area contributed by atoms with Gasteiger partial charge in [-0.3, -0.25) is 0 Å². The molecule has 5 heteroatoms. The second kappa shape index (κ2) is 14.4. The predicted molar refractivity (Wildman–Crippen MR) is 128 cm³/mol. The lowest BCUT2D eigenvalue weighted by molar-refractivity contribution is 0.0734. The first-order chi connectivity index (χ1) is 15.5. The number of benzene rings is 2. The topological polar surface area (TPSA) is 54.0 Å². The van der Waals surface area contributed by atoms with Gasteiger partial charge in [-0.15, -0.1) is 0 Å². The van der Waals surface area contributed by atoms with E-state index in [1.807, 2.05) is 36.4 Å². The Morgan fingerprint density at radius 1 is 0.906 bits per heavy atom. The molecule has 0 aliphatic carbocycles. The quantitative estimate of drug-likeness (QED) is 0.149. The zero-order chi connectivity index (χ0) is 23.2. The van der Waals surface area contributed by atoms with Crippen molar-refractivity contribution in [2.75, 3.05) is 33.5 Å². The molecule has 1 unspecified atom stereocenters. The van der Waals surface area contributed by atoms with E-state index in [4.69, 9.17) is 18.9 Å². The molecule has 0 saturated carbocycles. The van der Waals surface area contributed by atoms with Gasteiger partial charge in [0.05, 0.1) is 12.2 Å². The molecular weight excluding hydrogens is 404 g/mol. The number of methoxy groups -OCH3 is 1. The fourth-order valence-electron chi connectivity index (χ4n) is 3.05. The van der Waals surface area contributed by atoms with Crippen LogP contribution in [0.25, 0.3) is 5.76 Å². The molecule has 0 radical (unpaired) electrons. The Bertz CT molecular complexity index is 811. The molecular formula is C27H36O5. The van der Waals surface area contributed by atoms with E-state index in [2.05, 4.69) is 20.4 Å². The summed E-state index contributed by atoms with van der Waals surface area (Å²) in [5, 5.41) is 0. The lowest BCUT2D eigenvalue weighted by atomic mass is 9.99. The zero-order valence-electron chi connectivity index (χ0n) is 19.6. The van der Waals surface area contributed by atoms with Crippen LogP contribution in [-0.2, 0) is 20.6 Å². The summed E-state index contributed by atoms with van der Waals surface area (Å²) in [7, 11) is 1.68. The van der Waals surface area contributed by atoms with Crippen LogP contribution in [0, 0.1) is 5.92 Å². The molecule has 2 rings (SSSR count). The Labute approximate surface area is 192 Å². The Kier molecular flexibility index (Phi) is 11.6. The Balaban J connectivity index is 1.75. The van der Waals surface area contributed by atoms with E-state index in [1.165, 1.54) is 5.56 Å². The average Bonchev–Trinajstić information content (AvgIpc) is 2.81. The van der Waals surface area contributed by atoms with E-state index in [-0.39, 0.29) is 5.97 Å². The fourth-order valence-corrected chi connectivity index (χ4v) is 3.05. The highest BCUT2D eigenvalue weighted by molar-refractivity contribution is 5.91. The normalized spacial score (nSPS) is 11.7. The van der Waals surface area contributed by atoms with Gasteiger partial charge in [0, 0.05) is 38.9 Å². The molecule has 0 N–H and O–H groups in total. The largest absolute Gasteiger partial charge is 0.494 e. The molecule has 0 amide bonds. The highest BCUT2D eigenvalue weighted by Crippen LogP contribution is 2.19. The molecule has 174 valence electrons. The lowest BCUT2D eigenvalue weighted by Crippen LogP contribution is -2.08. The van der Waals surface area contributed by atoms with Crippen LogP contribution in [0.5, 0.6) is 5.75 Å². The van der Waals surface area contributed by atoms with Crippen LogP contribution in [0.15, 0.2) is 55.1 Å². The number of esters is 1. The Morgan fingerprint density at radius 3 is 2.16 bits per heavy atom. The van der Waals surface area contributed by atoms with Gasteiger partial charge in [-0.05, 0) is 48.6 Å². The maximum Gasteiger partial charge on any atom is 0.343 e. The van der Waals surface area contributed by atoms with Crippen LogP contribution < -0.4 is 4.74 Å². The van der Waals surface area contributed by atoms with Gasteiger partial charge in [0.2, 0.25) is 0 Å².